The van der Waals surface area contributed by atoms with Gasteiger partial charge in [0.25, 0.3) is 17.5 Å². The van der Waals surface area contributed by atoms with E-state index in [2.05, 4.69) is 15.9 Å². The average molecular weight is 486 g/mol. The van der Waals surface area contributed by atoms with E-state index in [9.17, 15) is 30.1 Å². The SMILES string of the molecule is CC1=C(C#N)C(=O)N(CC(C)O)C(=O)/C1=C/c1ccc(-c2ccc([N+](=O)[O-])cc2Br)o1. The number of hydrogen-bond donors (Lipinski definition) is 1. The first-order chi connectivity index (χ1) is 14.6. The van der Waals surface area contributed by atoms with Gasteiger partial charge in [-0.3, -0.25) is 24.6 Å². The minimum absolute atomic E-state index is 0.0787. The highest BCUT2D eigenvalue weighted by Crippen LogP contribution is 2.34. The van der Waals surface area contributed by atoms with Gasteiger partial charge in [-0.2, -0.15) is 5.26 Å². The Morgan fingerprint density at radius 1 is 1.32 bits per heavy atom. The Morgan fingerprint density at radius 2 is 2.03 bits per heavy atom. The standard InChI is InChI=1S/C21H16BrN3O6/c1-11(26)10-24-20(27)16(12(2)17(9-23)21(24)28)8-14-4-6-19(31-14)15-5-3-13(25(29)30)7-18(15)22/h3-8,11,26H,10H2,1-2H3/b16-8+. The molecule has 3 rings (SSSR count). The number of benzene rings is 1. The summed E-state index contributed by atoms with van der Waals surface area (Å²) in [5.41, 5.74) is 0.622. The number of carbonyl (C=O) groups excluding carboxylic acids is 2. The van der Waals surface area contributed by atoms with Gasteiger partial charge in [-0.05, 0) is 59.6 Å². The molecule has 1 N–H and O–H groups in total. The van der Waals surface area contributed by atoms with Crippen molar-refractivity contribution in [3.63, 3.8) is 0 Å². The molecule has 158 valence electrons. The van der Waals surface area contributed by atoms with Crippen molar-refractivity contribution in [1.82, 2.24) is 4.90 Å². The van der Waals surface area contributed by atoms with E-state index in [0.29, 0.717) is 15.8 Å². The fourth-order valence-corrected chi connectivity index (χ4v) is 3.66. The van der Waals surface area contributed by atoms with Crippen molar-refractivity contribution in [1.29, 1.82) is 5.26 Å². The number of nitrogens with zero attached hydrogens (tertiary/aromatic N) is 3. The van der Waals surface area contributed by atoms with E-state index in [1.54, 1.807) is 12.1 Å². The molecule has 2 heterocycles. The second-order valence-electron chi connectivity index (χ2n) is 6.86. The Bertz CT molecular complexity index is 1200. The minimum Gasteiger partial charge on any atom is -0.457 e. The minimum atomic E-state index is -0.956. The van der Waals surface area contributed by atoms with Crippen LogP contribution in [0, 0.1) is 21.4 Å². The number of carbonyl (C=O) groups is 2. The molecule has 1 atom stereocenters. The van der Waals surface area contributed by atoms with Crippen LogP contribution in [0.3, 0.4) is 0 Å². The van der Waals surface area contributed by atoms with E-state index >= 15 is 0 Å². The Morgan fingerprint density at radius 3 is 2.61 bits per heavy atom. The summed E-state index contributed by atoms with van der Waals surface area (Å²) in [5.74, 6) is -0.711. The van der Waals surface area contributed by atoms with Gasteiger partial charge in [0.05, 0.1) is 17.6 Å². The summed E-state index contributed by atoms with van der Waals surface area (Å²) in [6, 6.07) is 9.28. The molecule has 0 bridgehead atoms. The third-order valence-electron chi connectivity index (χ3n) is 4.61. The summed E-state index contributed by atoms with van der Waals surface area (Å²) in [4.78, 5) is 36.5. The van der Waals surface area contributed by atoms with Gasteiger partial charge in [0, 0.05) is 27.7 Å². The van der Waals surface area contributed by atoms with Crippen molar-refractivity contribution < 1.29 is 24.0 Å². The van der Waals surface area contributed by atoms with Gasteiger partial charge in [-0.1, -0.05) is 0 Å². The maximum Gasteiger partial charge on any atom is 0.271 e. The van der Waals surface area contributed by atoms with Gasteiger partial charge < -0.3 is 9.52 Å². The summed E-state index contributed by atoms with van der Waals surface area (Å²) >= 11 is 3.29. The lowest BCUT2D eigenvalue weighted by Crippen LogP contribution is -2.45. The number of nitro groups is 1. The zero-order chi connectivity index (χ0) is 22.9. The van der Waals surface area contributed by atoms with Crippen molar-refractivity contribution >= 4 is 39.5 Å². The topological polar surface area (TPSA) is 138 Å². The molecule has 0 saturated heterocycles. The lowest BCUT2D eigenvalue weighted by atomic mass is 9.94. The molecular weight excluding hydrogens is 470 g/mol. The Kier molecular flexibility index (Phi) is 6.19. The molecule has 2 amide bonds. The summed E-state index contributed by atoms with van der Waals surface area (Å²) in [5, 5.41) is 29.9. The van der Waals surface area contributed by atoms with Gasteiger partial charge in [0.1, 0.15) is 23.2 Å². The number of rotatable bonds is 5. The fraction of sp³-hybridized carbons (Fsp3) is 0.190. The number of nitro benzene ring substituents is 1. The number of furan rings is 1. The Labute approximate surface area is 185 Å². The maximum atomic E-state index is 12.8. The predicted octanol–water partition coefficient (Wildman–Crippen LogP) is 3.59. The Hall–Kier alpha value is -3.55. The number of aliphatic hydroxyl groups is 1. The van der Waals surface area contributed by atoms with Crippen LogP contribution in [0.25, 0.3) is 17.4 Å². The molecule has 0 aliphatic carbocycles. The van der Waals surface area contributed by atoms with Gasteiger partial charge in [-0.15, -0.1) is 0 Å². The molecule has 0 spiro atoms. The highest BCUT2D eigenvalue weighted by Gasteiger charge is 2.36. The molecule has 1 aliphatic rings. The van der Waals surface area contributed by atoms with Crippen molar-refractivity contribution in [3.8, 4) is 17.4 Å². The number of amides is 2. The second kappa shape index (κ2) is 8.67. The van der Waals surface area contributed by atoms with Crippen molar-refractivity contribution in [2.24, 2.45) is 0 Å². The molecule has 1 aromatic carbocycles. The molecule has 0 saturated carbocycles. The summed E-state index contributed by atoms with van der Waals surface area (Å²) in [7, 11) is 0. The summed E-state index contributed by atoms with van der Waals surface area (Å²) in [6.45, 7) is 2.69. The van der Waals surface area contributed by atoms with Crippen LogP contribution in [0.5, 0.6) is 0 Å². The second-order valence-corrected chi connectivity index (χ2v) is 7.72. The van der Waals surface area contributed by atoms with E-state index in [1.165, 1.54) is 38.1 Å². The molecule has 0 radical (unpaired) electrons. The number of non-ortho nitro benzene ring substituents is 1. The van der Waals surface area contributed by atoms with Crippen molar-refractivity contribution in [2.75, 3.05) is 6.54 Å². The van der Waals surface area contributed by atoms with E-state index < -0.39 is 22.8 Å². The van der Waals surface area contributed by atoms with E-state index in [0.717, 1.165) is 4.90 Å². The highest BCUT2D eigenvalue weighted by atomic mass is 79.9. The summed E-state index contributed by atoms with van der Waals surface area (Å²) in [6.07, 6.45) is 0.460. The van der Waals surface area contributed by atoms with Gasteiger partial charge >= 0.3 is 0 Å². The third kappa shape index (κ3) is 4.33. The first-order valence-electron chi connectivity index (χ1n) is 9.05. The summed E-state index contributed by atoms with van der Waals surface area (Å²) < 4.78 is 6.23. The van der Waals surface area contributed by atoms with Gasteiger partial charge in [0.2, 0.25) is 0 Å². The number of hydrogen-bond acceptors (Lipinski definition) is 7. The van der Waals surface area contributed by atoms with Gasteiger partial charge in [0.15, 0.2) is 0 Å². The Balaban J connectivity index is 2.02. The lowest BCUT2D eigenvalue weighted by molar-refractivity contribution is -0.384. The predicted molar refractivity (Wildman–Crippen MR) is 113 cm³/mol. The van der Waals surface area contributed by atoms with E-state index in [-0.39, 0.29) is 34.7 Å². The monoisotopic (exact) mass is 485 g/mol. The zero-order valence-electron chi connectivity index (χ0n) is 16.5. The molecular formula is C21H16BrN3O6. The number of β-amino-alcohol motifs (C(OH)–C–C–N with tert-alkyl or cyclic N) is 1. The van der Waals surface area contributed by atoms with Crippen LogP contribution in [0.15, 0.2) is 55.9 Å². The molecule has 9 nitrogen and oxygen atoms in total. The number of nitriles is 1. The number of aliphatic hydroxyl groups excluding tert-OH is 1. The van der Waals surface area contributed by atoms with Crippen molar-refractivity contribution in [3.05, 3.63) is 67.4 Å². The van der Waals surface area contributed by atoms with Crippen LogP contribution in [0.2, 0.25) is 0 Å². The average Bonchev–Trinajstić information content (AvgIpc) is 3.17. The van der Waals surface area contributed by atoms with Gasteiger partial charge in [-0.25, -0.2) is 0 Å². The van der Waals surface area contributed by atoms with E-state index in [1.807, 2.05) is 6.07 Å². The number of halogens is 1. The lowest BCUT2D eigenvalue weighted by Gasteiger charge is -2.28. The number of imide groups is 1. The van der Waals surface area contributed by atoms with Crippen LogP contribution in [-0.4, -0.2) is 39.4 Å². The molecule has 2 aromatic rings. The molecule has 10 heteroatoms. The first kappa shape index (κ1) is 22.1. The normalized spacial score (nSPS) is 16.6. The van der Waals surface area contributed by atoms with Crippen LogP contribution < -0.4 is 0 Å². The molecule has 31 heavy (non-hydrogen) atoms. The van der Waals surface area contributed by atoms with Crippen LogP contribution in [-0.2, 0) is 9.59 Å². The smallest absolute Gasteiger partial charge is 0.271 e. The van der Waals surface area contributed by atoms with Crippen LogP contribution >= 0.6 is 15.9 Å². The van der Waals surface area contributed by atoms with E-state index in [4.69, 9.17) is 4.42 Å². The highest BCUT2D eigenvalue weighted by molar-refractivity contribution is 9.10. The first-order valence-corrected chi connectivity index (χ1v) is 9.84. The maximum absolute atomic E-state index is 12.8. The van der Waals surface area contributed by atoms with Crippen LogP contribution in [0.1, 0.15) is 19.6 Å². The molecule has 1 aromatic heterocycles. The molecule has 1 aliphatic heterocycles. The van der Waals surface area contributed by atoms with Crippen molar-refractivity contribution in [2.45, 2.75) is 20.0 Å². The third-order valence-corrected chi connectivity index (χ3v) is 5.27. The fourth-order valence-electron chi connectivity index (χ4n) is 3.09. The molecule has 1 unspecified atom stereocenters. The quantitative estimate of drug-likeness (QED) is 0.295. The zero-order valence-corrected chi connectivity index (χ0v) is 18.0. The van der Waals surface area contributed by atoms with Crippen LogP contribution in [0.4, 0.5) is 5.69 Å². The molecule has 0 fully saturated rings. The largest absolute Gasteiger partial charge is 0.457 e.